The molecular weight excluding hydrogens is 438 g/mol. The van der Waals surface area contributed by atoms with Crippen LogP contribution in [-0.2, 0) is 22.4 Å². The number of amides is 2. The van der Waals surface area contributed by atoms with Gasteiger partial charge in [0.25, 0.3) is 11.6 Å². The fourth-order valence-electron chi connectivity index (χ4n) is 3.35. The van der Waals surface area contributed by atoms with E-state index >= 15 is 0 Å². The highest BCUT2D eigenvalue weighted by Crippen LogP contribution is 2.14. The molecule has 0 fully saturated rings. The summed E-state index contributed by atoms with van der Waals surface area (Å²) < 4.78 is 0. The molecule has 3 aromatic carbocycles. The molecule has 174 valence electrons. The Balaban J connectivity index is 1.80. The highest BCUT2D eigenvalue weighted by Gasteiger charge is 2.27. The third-order valence-corrected chi connectivity index (χ3v) is 5.14. The predicted molar refractivity (Wildman–Crippen MR) is 124 cm³/mol. The number of hydrogen-bond donors (Lipinski definition) is 3. The van der Waals surface area contributed by atoms with Crippen molar-refractivity contribution in [2.45, 2.75) is 24.9 Å². The van der Waals surface area contributed by atoms with E-state index in [1.54, 1.807) is 60.7 Å². The number of carbonyl (C=O) groups is 3. The number of carbonyl (C=O) groups excluding carboxylic acids is 2. The fraction of sp³-hybridized carbons (Fsp3) is 0.160. The molecule has 0 heterocycles. The lowest BCUT2D eigenvalue weighted by atomic mass is 10.0. The number of nitrogens with one attached hydrogen (secondary N) is 2. The minimum absolute atomic E-state index is 0.0140. The molecule has 0 radical (unpaired) electrons. The lowest BCUT2D eigenvalue weighted by Crippen LogP contribution is -2.53. The van der Waals surface area contributed by atoms with Crippen LogP contribution in [-0.4, -0.2) is 39.9 Å². The number of rotatable bonds is 10. The van der Waals surface area contributed by atoms with Gasteiger partial charge in [0, 0.05) is 30.5 Å². The number of non-ortho nitro benzene ring substituents is 1. The zero-order valence-electron chi connectivity index (χ0n) is 18.1. The van der Waals surface area contributed by atoms with Gasteiger partial charge < -0.3 is 15.7 Å². The van der Waals surface area contributed by atoms with Crippen molar-refractivity contribution in [1.82, 2.24) is 10.6 Å². The Bertz CT molecular complexity index is 1150. The van der Waals surface area contributed by atoms with Gasteiger partial charge in [-0.3, -0.25) is 19.7 Å². The van der Waals surface area contributed by atoms with Crippen LogP contribution in [0.1, 0.15) is 21.5 Å². The van der Waals surface area contributed by atoms with Crippen molar-refractivity contribution in [2.24, 2.45) is 0 Å². The van der Waals surface area contributed by atoms with Gasteiger partial charge in [-0.2, -0.15) is 0 Å². The smallest absolute Gasteiger partial charge is 0.326 e. The maximum atomic E-state index is 13.1. The first-order valence-corrected chi connectivity index (χ1v) is 10.5. The molecule has 0 unspecified atom stereocenters. The van der Waals surface area contributed by atoms with Crippen molar-refractivity contribution < 1.29 is 24.4 Å². The molecular formula is C25H23N3O6. The summed E-state index contributed by atoms with van der Waals surface area (Å²) in [6, 6.07) is 20.4. The zero-order valence-corrected chi connectivity index (χ0v) is 18.1. The van der Waals surface area contributed by atoms with Gasteiger partial charge in [-0.05, 0) is 23.3 Å². The number of nitro benzene ring substituents is 1. The summed E-state index contributed by atoms with van der Waals surface area (Å²) in [5, 5.41) is 25.7. The number of benzene rings is 3. The number of carboxylic acid groups (broad SMARTS) is 1. The van der Waals surface area contributed by atoms with Gasteiger partial charge in [0.2, 0.25) is 5.91 Å². The SMILES string of the molecule is O=C(N[C@@H](Cc1ccc([N+](=O)[O-])cc1)C(=O)N[C@@H](Cc1ccccc1)C(=O)O)c1ccccc1. The second-order valence-corrected chi connectivity index (χ2v) is 7.61. The minimum Gasteiger partial charge on any atom is -0.480 e. The molecule has 0 aliphatic heterocycles. The van der Waals surface area contributed by atoms with Gasteiger partial charge in [-0.1, -0.05) is 60.7 Å². The summed E-state index contributed by atoms with van der Waals surface area (Å²) in [6.07, 6.45) is 0.0822. The van der Waals surface area contributed by atoms with E-state index < -0.39 is 34.8 Å². The Morgan fingerprint density at radius 1 is 0.765 bits per heavy atom. The molecule has 0 aliphatic carbocycles. The molecule has 2 atom stereocenters. The average molecular weight is 461 g/mol. The molecule has 3 aromatic rings. The molecule has 0 aliphatic rings. The molecule has 0 saturated heterocycles. The van der Waals surface area contributed by atoms with Crippen molar-refractivity contribution in [3.8, 4) is 0 Å². The molecule has 3 rings (SSSR count). The van der Waals surface area contributed by atoms with Crippen molar-refractivity contribution in [3.63, 3.8) is 0 Å². The first kappa shape index (κ1) is 24.1. The Hall–Kier alpha value is -4.53. The normalized spacial score (nSPS) is 12.2. The summed E-state index contributed by atoms with van der Waals surface area (Å²) in [6.45, 7) is 0. The molecule has 0 saturated carbocycles. The second kappa shape index (κ2) is 11.4. The zero-order chi connectivity index (χ0) is 24.5. The summed E-state index contributed by atoms with van der Waals surface area (Å²) in [4.78, 5) is 48.0. The maximum absolute atomic E-state index is 13.1. The van der Waals surface area contributed by atoms with E-state index in [-0.39, 0.29) is 18.5 Å². The fourth-order valence-corrected chi connectivity index (χ4v) is 3.35. The minimum atomic E-state index is -1.21. The third-order valence-electron chi connectivity index (χ3n) is 5.14. The highest BCUT2D eigenvalue weighted by molar-refractivity contribution is 5.98. The Kier molecular flexibility index (Phi) is 8.07. The van der Waals surface area contributed by atoms with Crippen LogP contribution in [0.25, 0.3) is 0 Å². The molecule has 9 heteroatoms. The number of aliphatic carboxylic acids is 1. The molecule has 0 bridgehead atoms. The number of nitrogens with zero attached hydrogens (tertiary/aromatic N) is 1. The Morgan fingerprint density at radius 3 is 1.85 bits per heavy atom. The standard InChI is InChI=1S/C25H23N3O6/c29-23(19-9-5-2-6-10-19)26-21(15-18-11-13-20(14-12-18)28(33)34)24(30)27-22(25(31)32)16-17-7-3-1-4-8-17/h1-14,21-22H,15-16H2,(H,26,29)(H,27,30)(H,31,32)/t21-,22-/m0/s1. The first-order chi connectivity index (χ1) is 16.3. The maximum Gasteiger partial charge on any atom is 0.326 e. The molecule has 2 amide bonds. The van der Waals surface area contributed by atoms with E-state index in [0.717, 1.165) is 5.56 Å². The van der Waals surface area contributed by atoms with E-state index in [1.807, 2.05) is 0 Å². The van der Waals surface area contributed by atoms with Gasteiger partial charge in [0.1, 0.15) is 12.1 Å². The molecule has 0 aromatic heterocycles. The quantitative estimate of drug-likeness (QED) is 0.313. The molecule has 34 heavy (non-hydrogen) atoms. The highest BCUT2D eigenvalue weighted by atomic mass is 16.6. The Morgan fingerprint density at radius 2 is 1.29 bits per heavy atom. The number of carboxylic acids is 1. The van der Waals surface area contributed by atoms with Crippen LogP contribution >= 0.6 is 0 Å². The average Bonchev–Trinajstić information content (AvgIpc) is 2.84. The number of nitro groups is 1. The monoisotopic (exact) mass is 461 g/mol. The molecule has 0 spiro atoms. The van der Waals surface area contributed by atoms with Crippen LogP contribution in [0.15, 0.2) is 84.9 Å². The molecule has 9 nitrogen and oxygen atoms in total. The van der Waals surface area contributed by atoms with E-state index in [0.29, 0.717) is 11.1 Å². The van der Waals surface area contributed by atoms with Crippen molar-refractivity contribution in [1.29, 1.82) is 0 Å². The van der Waals surface area contributed by atoms with Gasteiger partial charge in [0.05, 0.1) is 4.92 Å². The van der Waals surface area contributed by atoms with E-state index in [2.05, 4.69) is 10.6 Å². The van der Waals surface area contributed by atoms with E-state index in [4.69, 9.17) is 0 Å². The topological polar surface area (TPSA) is 139 Å². The van der Waals surface area contributed by atoms with Gasteiger partial charge in [-0.15, -0.1) is 0 Å². The lowest BCUT2D eigenvalue weighted by molar-refractivity contribution is -0.384. The van der Waals surface area contributed by atoms with Gasteiger partial charge in [-0.25, -0.2) is 4.79 Å². The summed E-state index contributed by atoms with van der Waals surface area (Å²) in [5.41, 5.74) is 1.53. The number of hydrogen-bond acceptors (Lipinski definition) is 5. The van der Waals surface area contributed by atoms with Crippen molar-refractivity contribution in [3.05, 3.63) is 112 Å². The summed E-state index contributed by atoms with van der Waals surface area (Å²) in [7, 11) is 0. The van der Waals surface area contributed by atoms with Crippen LogP contribution in [0.3, 0.4) is 0 Å². The van der Waals surface area contributed by atoms with Crippen LogP contribution in [0, 0.1) is 10.1 Å². The van der Waals surface area contributed by atoms with Crippen LogP contribution in [0.5, 0.6) is 0 Å². The van der Waals surface area contributed by atoms with Gasteiger partial charge >= 0.3 is 5.97 Å². The van der Waals surface area contributed by atoms with Crippen LogP contribution < -0.4 is 10.6 Å². The van der Waals surface area contributed by atoms with Crippen molar-refractivity contribution >= 4 is 23.5 Å². The third kappa shape index (κ3) is 6.73. The lowest BCUT2D eigenvalue weighted by Gasteiger charge is -2.22. The van der Waals surface area contributed by atoms with E-state index in [9.17, 15) is 29.6 Å². The summed E-state index contributed by atoms with van der Waals surface area (Å²) >= 11 is 0. The van der Waals surface area contributed by atoms with Gasteiger partial charge in [0.15, 0.2) is 0 Å². The largest absolute Gasteiger partial charge is 0.480 e. The van der Waals surface area contributed by atoms with Crippen molar-refractivity contribution in [2.75, 3.05) is 0 Å². The first-order valence-electron chi connectivity index (χ1n) is 10.5. The van der Waals surface area contributed by atoms with Crippen LogP contribution in [0.4, 0.5) is 5.69 Å². The summed E-state index contributed by atoms with van der Waals surface area (Å²) in [5.74, 6) is -2.38. The second-order valence-electron chi connectivity index (χ2n) is 7.61. The molecule has 3 N–H and O–H groups in total. The Labute approximate surface area is 195 Å². The van der Waals surface area contributed by atoms with E-state index in [1.165, 1.54) is 24.3 Å². The van der Waals surface area contributed by atoms with Crippen LogP contribution in [0.2, 0.25) is 0 Å². The predicted octanol–water partition coefficient (Wildman–Crippen LogP) is 2.75.